The molecule has 19 heavy (non-hydrogen) atoms. The van der Waals surface area contributed by atoms with Gasteiger partial charge >= 0.3 is 0 Å². The average molecular weight is 264 g/mol. The second-order valence-electron chi connectivity index (χ2n) is 5.19. The predicted molar refractivity (Wildman–Crippen MR) is 72.0 cm³/mol. The number of likely N-dealkylation sites (tertiary alicyclic amines) is 1. The summed E-state index contributed by atoms with van der Waals surface area (Å²) in [5.41, 5.74) is 6.07. The lowest BCUT2D eigenvalue weighted by molar-refractivity contribution is 0.0566. The number of hydrogen-bond acceptors (Lipinski definition) is 4. The summed E-state index contributed by atoms with van der Waals surface area (Å²) in [6.45, 7) is 3.25. The Balaban J connectivity index is 2.19. The molecule has 0 bridgehead atoms. The Morgan fingerprint density at radius 3 is 2.74 bits per heavy atom. The van der Waals surface area contributed by atoms with Crippen molar-refractivity contribution in [3.05, 3.63) is 23.8 Å². The van der Waals surface area contributed by atoms with E-state index >= 15 is 0 Å². The van der Waals surface area contributed by atoms with E-state index < -0.39 is 0 Å². The quantitative estimate of drug-likeness (QED) is 0.703. The fourth-order valence-electron chi connectivity index (χ4n) is 2.48. The Labute approximate surface area is 112 Å². The second kappa shape index (κ2) is 5.48. The predicted octanol–water partition coefficient (Wildman–Crippen LogP) is 1.30. The molecule has 1 fully saturated rings. The van der Waals surface area contributed by atoms with E-state index in [0.717, 1.165) is 12.8 Å². The number of carbonyl (C=O) groups excluding carboxylic acids is 1. The van der Waals surface area contributed by atoms with Crippen LogP contribution in [0.25, 0.3) is 0 Å². The molecule has 0 aliphatic carbocycles. The van der Waals surface area contributed by atoms with Crippen LogP contribution in [0.2, 0.25) is 0 Å². The molecule has 1 saturated heterocycles. The number of piperidine rings is 1. The Bertz CT molecular complexity index is 476. The minimum atomic E-state index is -0.272. The number of nitrogens with two attached hydrogens (primary N) is 1. The normalized spacial score (nSPS) is 23.4. The van der Waals surface area contributed by atoms with Gasteiger partial charge in [-0.1, -0.05) is 0 Å². The van der Waals surface area contributed by atoms with Gasteiger partial charge in [-0.3, -0.25) is 4.79 Å². The number of benzene rings is 1. The highest BCUT2D eigenvalue weighted by Gasteiger charge is 2.29. The standard InChI is InChI=1S/C14H20N2O3/c1-9-2-3-10(7-15)8-16(9)14(19)11-4-5-12(17)13(18)6-11/h4-6,9-10,17-18H,2-3,7-8,15H2,1H3. The van der Waals surface area contributed by atoms with Gasteiger partial charge in [-0.15, -0.1) is 0 Å². The van der Waals surface area contributed by atoms with E-state index in [0.29, 0.717) is 24.6 Å². The number of phenols is 2. The van der Waals surface area contributed by atoms with Crippen LogP contribution in [0.15, 0.2) is 18.2 Å². The van der Waals surface area contributed by atoms with Crippen LogP contribution in [0.4, 0.5) is 0 Å². The summed E-state index contributed by atoms with van der Waals surface area (Å²) in [5, 5.41) is 18.7. The van der Waals surface area contributed by atoms with Gasteiger partial charge in [0.2, 0.25) is 0 Å². The van der Waals surface area contributed by atoms with Crippen molar-refractivity contribution in [2.45, 2.75) is 25.8 Å². The van der Waals surface area contributed by atoms with E-state index in [2.05, 4.69) is 0 Å². The summed E-state index contributed by atoms with van der Waals surface area (Å²) < 4.78 is 0. The van der Waals surface area contributed by atoms with Crippen molar-refractivity contribution in [3.63, 3.8) is 0 Å². The second-order valence-corrected chi connectivity index (χ2v) is 5.19. The van der Waals surface area contributed by atoms with Gasteiger partial charge in [0.25, 0.3) is 5.91 Å². The SMILES string of the molecule is CC1CCC(CN)CN1C(=O)c1ccc(O)c(O)c1. The van der Waals surface area contributed by atoms with Crippen molar-refractivity contribution in [2.75, 3.05) is 13.1 Å². The maximum absolute atomic E-state index is 12.4. The molecular formula is C14H20N2O3. The van der Waals surface area contributed by atoms with E-state index in [1.165, 1.54) is 18.2 Å². The zero-order chi connectivity index (χ0) is 14.0. The third-order valence-electron chi connectivity index (χ3n) is 3.80. The van der Waals surface area contributed by atoms with Crippen molar-refractivity contribution < 1.29 is 15.0 Å². The summed E-state index contributed by atoms with van der Waals surface area (Å²) in [6.07, 6.45) is 1.99. The van der Waals surface area contributed by atoms with Crippen molar-refractivity contribution in [1.29, 1.82) is 0 Å². The number of carbonyl (C=O) groups is 1. The molecule has 4 N–H and O–H groups in total. The minimum absolute atomic E-state index is 0.124. The molecule has 0 saturated carbocycles. The summed E-state index contributed by atoms with van der Waals surface area (Å²) in [6, 6.07) is 4.33. The maximum atomic E-state index is 12.4. The number of aromatic hydroxyl groups is 2. The Morgan fingerprint density at radius 2 is 2.11 bits per heavy atom. The summed E-state index contributed by atoms with van der Waals surface area (Å²) in [5.74, 6) is -0.277. The summed E-state index contributed by atoms with van der Waals surface area (Å²) >= 11 is 0. The zero-order valence-electron chi connectivity index (χ0n) is 11.0. The molecule has 2 rings (SSSR count). The van der Waals surface area contributed by atoms with Crippen LogP contribution in [0.1, 0.15) is 30.1 Å². The molecule has 5 nitrogen and oxygen atoms in total. The average Bonchev–Trinajstić information content (AvgIpc) is 2.41. The molecule has 5 heteroatoms. The molecule has 1 heterocycles. The van der Waals surface area contributed by atoms with Crippen molar-refractivity contribution in [2.24, 2.45) is 11.7 Å². The number of phenolic OH excluding ortho intramolecular Hbond substituents is 2. The van der Waals surface area contributed by atoms with E-state index in [4.69, 9.17) is 5.73 Å². The van der Waals surface area contributed by atoms with Crippen LogP contribution >= 0.6 is 0 Å². The molecule has 2 atom stereocenters. The maximum Gasteiger partial charge on any atom is 0.254 e. The highest BCUT2D eigenvalue weighted by molar-refractivity contribution is 5.95. The van der Waals surface area contributed by atoms with Gasteiger partial charge in [0.1, 0.15) is 0 Å². The van der Waals surface area contributed by atoms with Gasteiger partial charge in [0.15, 0.2) is 11.5 Å². The first-order valence-electron chi connectivity index (χ1n) is 6.56. The third-order valence-corrected chi connectivity index (χ3v) is 3.80. The summed E-state index contributed by atoms with van der Waals surface area (Å²) in [4.78, 5) is 14.2. The molecule has 1 amide bonds. The summed E-state index contributed by atoms with van der Waals surface area (Å²) in [7, 11) is 0. The largest absolute Gasteiger partial charge is 0.504 e. The van der Waals surface area contributed by atoms with Gasteiger partial charge in [-0.25, -0.2) is 0 Å². The van der Waals surface area contributed by atoms with E-state index in [1.54, 1.807) is 4.90 Å². The number of hydrogen-bond donors (Lipinski definition) is 3. The smallest absolute Gasteiger partial charge is 0.254 e. The van der Waals surface area contributed by atoms with Crippen molar-refractivity contribution in [3.8, 4) is 11.5 Å². The lowest BCUT2D eigenvalue weighted by Gasteiger charge is -2.37. The van der Waals surface area contributed by atoms with Crippen LogP contribution in [-0.4, -0.2) is 40.2 Å². The van der Waals surface area contributed by atoms with Crippen LogP contribution in [-0.2, 0) is 0 Å². The Hall–Kier alpha value is -1.75. The van der Waals surface area contributed by atoms with Gasteiger partial charge in [0, 0.05) is 18.2 Å². The lowest BCUT2D eigenvalue weighted by Crippen LogP contribution is -2.47. The van der Waals surface area contributed by atoms with Gasteiger partial charge in [-0.05, 0) is 50.4 Å². The monoisotopic (exact) mass is 264 g/mol. The molecule has 0 spiro atoms. The molecule has 1 aromatic rings. The highest BCUT2D eigenvalue weighted by Crippen LogP contribution is 2.28. The highest BCUT2D eigenvalue weighted by atomic mass is 16.3. The first-order chi connectivity index (χ1) is 9.02. The van der Waals surface area contributed by atoms with Crippen LogP contribution < -0.4 is 5.73 Å². The first kappa shape index (κ1) is 13.7. The number of rotatable bonds is 2. The molecule has 1 aliphatic heterocycles. The molecule has 104 valence electrons. The van der Waals surface area contributed by atoms with Crippen LogP contribution in [0.5, 0.6) is 11.5 Å². The molecule has 1 aliphatic rings. The molecule has 0 radical (unpaired) electrons. The van der Waals surface area contributed by atoms with E-state index in [-0.39, 0.29) is 23.4 Å². The van der Waals surface area contributed by atoms with Crippen molar-refractivity contribution >= 4 is 5.91 Å². The number of nitrogens with zero attached hydrogens (tertiary/aromatic N) is 1. The Morgan fingerprint density at radius 1 is 1.37 bits per heavy atom. The van der Waals surface area contributed by atoms with Gasteiger partial charge in [-0.2, -0.15) is 0 Å². The molecule has 2 unspecified atom stereocenters. The number of amides is 1. The first-order valence-corrected chi connectivity index (χ1v) is 6.56. The Kier molecular flexibility index (Phi) is 3.95. The molecule has 1 aromatic carbocycles. The zero-order valence-corrected chi connectivity index (χ0v) is 11.0. The van der Waals surface area contributed by atoms with Crippen molar-refractivity contribution in [1.82, 2.24) is 4.90 Å². The van der Waals surface area contributed by atoms with Gasteiger partial charge < -0.3 is 20.8 Å². The van der Waals surface area contributed by atoms with Crippen LogP contribution in [0, 0.1) is 5.92 Å². The lowest BCUT2D eigenvalue weighted by atomic mass is 9.93. The fraction of sp³-hybridized carbons (Fsp3) is 0.500. The van der Waals surface area contributed by atoms with Gasteiger partial charge in [0.05, 0.1) is 0 Å². The van der Waals surface area contributed by atoms with E-state index in [1.807, 2.05) is 6.92 Å². The fourth-order valence-corrected chi connectivity index (χ4v) is 2.48. The molecule has 0 aromatic heterocycles. The molecular weight excluding hydrogens is 244 g/mol. The van der Waals surface area contributed by atoms with Crippen LogP contribution in [0.3, 0.4) is 0 Å². The van der Waals surface area contributed by atoms with E-state index in [9.17, 15) is 15.0 Å². The topological polar surface area (TPSA) is 86.8 Å². The minimum Gasteiger partial charge on any atom is -0.504 e. The third kappa shape index (κ3) is 2.81.